The Balaban J connectivity index is 1.90. The van der Waals surface area contributed by atoms with Crippen molar-refractivity contribution in [3.8, 4) is 22.8 Å². The molecule has 2 N–H and O–H groups in total. The van der Waals surface area contributed by atoms with Crippen molar-refractivity contribution in [2.45, 2.75) is 18.4 Å². The van der Waals surface area contributed by atoms with Gasteiger partial charge in [0.2, 0.25) is 0 Å². The van der Waals surface area contributed by atoms with Crippen molar-refractivity contribution < 1.29 is 21.9 Å². The molecule has 1 aliphatic rings. The summed E-state index contributed by atoms with van der Waals surface area (Å²) in [6, 6.07) is 7.29. The average Bonchev–Trinajstić information content (AvgIpc) is 3.00. The van der Waals surface area contributed by atoms with Crippen molar-refractivity contribution in [1.82, 2.24) is 10.4 Å². The van der Waals surface area contributed by atoms with E-state index in [0.717, 1.165) is 35.2 Å². The third-order valence-electron chi connectivity index (χ3n) is 4.66. The second-order valence-corrected chi connectivity index (χ2v) is 8.73. The number of nitrogens with zero attached hydrogens (tertiary/aromatic N) is 1. The highest BCUT2D eigenvalue weighted by molar-refractivity contribution is 7.90. The Morgan fingerprint density at radius 3 is 2.59 bits per heavy atom. The van der Waals surface area contributed by atoms with Gasteiger partial charge in [0.1, 0.15) is 11.6 Å². The summed E-state index contributed by atoms with van der Waals surface area (Å²) in [6.07, 6.45) is 2.74. The van der Waals surface area contributed by atoms with Gasteiger partial charge in [0.25, 0.3) is 0 Å². The van der Waals surface area contributed by atoms with Crippen LogP contribution in [0, 0.1) is 18.6 Å². The maximum Gasteiger partial charge on any atom is 0.175 e. The van der Waals surface area contributed by atoms with E-state index in [2.05, 4.69) is 15.5 Å². The molecule has 2 aromatic carbocycles. The Labute approximate surface area is 166 Å². The molecule has 1 aromatic heterocycles. The van der Waals surface area contributed by atoms with Gasteiger partial charge in [0, 0.05) is 34.7 Å². The van der Waals surface area contributed by atoms with Crippen LogP contribution in [0.4, 0.5) is 8.78 Å². The number of aromatic amines is 1. The van der Waals surface area contributed by atoms with Crippen LogP contribution in [-0.2, 0) is 16.4 Å². The average molecular weight is 417 g/mol. The number of H-pyrrole nitrogens is 1. The quantitative estimate of drug-likeness (QED) is 0.674. The lowest BCUT2D eigenvalue weighted by atomic mass is 10.0. The van der Waals surface area contributed by atoms with Crippen molar-refractivity contribution in [2.24, 2.45) is 5.10 Å². The van der Waals surface area contributed by atoms with Gasteiger partial charge in [0.15, 0.2) is 21.4 Å². The lowest BCUT2D eigenvalue weighted by molar-refractivity contribution is 0.438. The third kappa shape index (κ3) is 3.61. The number of sulfone groups is 1. The number of aromatic nitrogens is 1. The first-order valence-corrected chi connectivity index (χ1v) is 10.6. The second kappa shape index (κ2) is 7.00. The molecule has 29 heavy (non-hydrogen) atoms. The molecule has 0 bridgehead atoms. The first-order valence-electron chi connectivity index (χ1n) is 8.69. The van der Waals surface area contributed by atoms with Crippen LogP contribution in [0.3, 0.4) is 0 Å². The van der Waals surface area contributed by atoms with E-state index in [1.807, 2.05) is 6.92 Å². The number of hydrogen-bond acceptors (Lipinski definition) is 5. The summed E-state index contributed by atoms with van der Waals surface area (Å²) < 4.78 is 57.2. The Morgan fingerprint density at radius 2 is 1.86 bits per heavy atom. The molecule has 1 aliphatic heterocycles. The number of hydrogen-bond donors (Lipinski definition) is 2. The van der Waals surface area contributed by atoms with Crippen molar-refractivity contribution >= 4 is 16.1 Å². The molecule has 3 aromatic rings. The standard InChI is InChI=1S/C20H17F2N3O3S/c1-11-15-9-23-24-10-16(15)20(25-11)14-8-13(29(2,26)27)4-6-18(14)28-19-5-3-12(21)7-17(19)22/h3-8,10,23,25H,9H2,1-2H3. The molecule has 4 rings (SSSR count). The molecule has 0 saturated heterocycles. The van der Waals surface area contributed by atoms with Crippen molar-refractivity contribution in [3.63, 3.8) is 0 Å². The monoisotopic (exact) mass is 417 g/mol. The molecule has 6 nitrogen and oxygen atoms in total. The minimum atomic E-state index is -3.49. The van der Waals surface area contributed by atoms with Gasteiger partial charge < -0.3 is 15.1 Å². The van der Waals surface area contributed by atoms with Crippen LogP contribution in [0.1, 0.15) is 16.8 Å². The molecule has 0 saturated carbocycles. The number of aryl methyl sites for hydroxylation is 1. The fourth-order valence-corrected chi connectivity index (χ4v) is 3.85. The van der Waals surface area contributed by atoms with Crippen LogP contribution < -0.4 is 10.2 Å². The predicted octanol–water partition coefficient (Wildman–Crippen LogP) is 3.90. The SMILES string of the molecule is Cc1[nH]c(-c2cc(S(C)(=O)=O)ccc2Oc2ccc(F)cc2F)c2c1CNN=C2. The van der Waals surface area contributed by atoms with E-state index in [0.29, 0.717) is 17.8 Å². The van der Waals surface area contributed by atoms with E-state index >= 15 is 0 Å². The zero-order valence-corrected chi connectivity index (χ0v) is 16.4. The van der Waals surface area contributed by atoms with Crippen molar-refractivity contribution in [1.29, 1.82) is 0 Å². The number of halogens is 2. The number of hydrazone groups is 1. The molecule has 0 radical (unpaired) electrons. The molecule has 0 atom stereocenters. The smallest absolute Gasteiger partial charge is 0.175 e. The molecular weight excluding hydrogens is 400 g/mol. The summed E-state index contributed by atoms with van der Waals surface area (Å²) >= 11 is 0. The fraction of sp³-hybridized carbons (Fsp3) is 0.150. The molecule has 0 spiro atoms. The number of rotatable bonds is 4. The molecule has 9 heteroatoms. The molecule has 0 aliphatic carbocycles. The number of benzene rings is 2. The Kier molecular flexibility index (Phi) is 4.62. The Morgan fingerprint density at radius 1 is 1.10 bits per heavy atom. The maximum absolute atomic E-state index is 14.1. The number of ether oxygens (including phenoxy) is 1. The predicted molar refractivity (Wildman–Crippen MR) is 105 cm³/mol. The third-order valence-corrected chi connectivity index (χ3v) is 5.77. The second-order valence-electron chi connectivity index (χ2n) is 6.72. The van der Waals surface area contributed by atoms with E-state index in [-0.39, 0.29) is 16.4 Å². The summed E-state index contributed by atoms with van der Waals surface area (Å²) in [5.41, 5.74) is 6.57. The topological polar surface area (TPSA) is 83.5 Å². The van der Waals surface area contributed by atoms with Crippen LogP contribution in [0.5, 0.6) is 11.5 Å². The van der Waals surface area contributed by atoms with Gasteiger partial charge in [-0.3, -0.25) is 0 Å². The largest absolute Gasteiger partial charge is 0.454 e. The summed E-state index contributed by atoms with van der Waals surface area (Å²) in [5, 5.41) is 4.07. The molecule has 0 unspecified atom stereocenters. The van der Waals surface area contributed by atoms with Gasteiger partial charge in [-0.15, -0.1) is 0 Å². The fourth-order valence-electron chi connectivity index (χ4n) is 3.20. The summed E-state index contributed by atoms with van der Waals surface area (Å²) in [4.78, 5) is 3.33. The van der Waals surface area contributed by atoms with Gasteiger partial charge in [0.05, 0.1) is 23.3 Å². The summed E-state index contributed by atoms with van der Waals surface area (Å²) in [6.45, 7) is 2.41. The first kappa shape index (κ1) is 19.1. The van der Waals surface area contributed by atoms with Crippen LogP contribution in [0.15, 0.2) is 46.4 Å². The van der Waals surface area contributed by atoms with Gasteiger partial charge in [-0.2, -0.15) is 5.10 Å². The zero-order chi connectivity index (χ0) is 20.8. The molecular formula is C20H17F2N3O3S. The molecule has 150 valence electrons. The van der Waals surface area contributed by atoms with Gasteiger partial charge in [-0.1, -0.05) is 0 Å². The van der Waals surface area contributed by atoms with Gasteiger partial charge >= 0.3 is 0 Å². The van der Waals surface area contributed by atoms with Crippen molar-refractivity contribution in [3.05, 3.63) is 64.9 Å². The zero-order valence-electron chi connectivity index (χ0n) is 15.6. The minimum absolute atomic E-state index is 0.0892. The minimum Gasteiger partial charge on any atom is -0.454 e. The van der Waals surface area contributed by atoms with E-state index in [9.17, 15) is 17.2 Å². The van der Waals surface area contributed by atoms with Crippen LogP contribution >= 0.6 is 0 Å². The lowest BCUT2D eigenvalue weighted by Gasteiger charge is -2.14. The van der Waals surface area contributed by atoms with Gasteiger partial charge in [-0.05, 0) is 37.3 Å². The lowest BCUT2D eigenvalue weighted by Crippen LogP contribution is -2.12. The highest BCUT2D eigenvalue weighted by Crippen LogP contribution is 2.38. The molecule has 0 amide bonds. The normalized spacial score (nSPS) is 13.1. The summed E-state index contributed by atoms with van der Waals surface area (Å²) in [5.74, 6) is -1.54. The maximum atomic E-state index is 14.1. The van der Waals surface area contributed by atoms with E-state index in [1.165, 1.54) is 24.3 Å². The highest BCUT2D eigenvalue weighted by Gasteiger charge is 2.22. The summed E-state index contributed by atoms with van der Waals surface area (Å²) in [7, 11) is -3.49. The Bertz CT molecular complexity index is 1250. The highest BCUT2D eigenvalue weighted by atomic mass is 32.2. The Hall–Kier alpha value is -3.20. The van der Waals surface area contributed by atoms with E-state index in [1.54, 1.807) is 6.21 Å². The van der Waals surface area contributed by atoms with Gasteiger partial charge in [-0.25, -0.2) is 17.2 Å². The van der Waals surface area contributed by atoms with Crippen LogP contribution in [-0.4, -0.2) is 25.9 Å². The van der Waals surface area contributed by atoms with E-state index < -0.39 is 21.5 Å². The first-order chi connectivity index (χ1) is 13.7. The van der Waals surface area contributed by atoms with E-state index in [4.69, 9.17) is 4.74 Å². The number of fused-ring (bicyclic) bond motifs is 1. The van der Waals surface area contributed by atoms with Crippen LogP contribution in [0.25, 0.3) is 11.3 Å². The molecule has 2 heterocycles. The van der Waals surface area contributed by atoms with Crippen molar-refractivity contribution in [2.75, 3.05) is 6.26 Å². The molecule has 0 fully saturated rings. The van der Waals surface area contributed by atoms with Crippen LogP contribution in [0.2, 0.25) is 0 Å². The number of nitrogens with one attached hydrogen (secondary N) is 2.